The molecule has 0 N–H and O–H groups in total. The van der Waals surface area contributed by atoms with Crippen molar-refractivity contribution in [3.63, 3.8) is 0 Å². The van der Waals surface area contributed by atoms with Gasteiger partial charge in [-0.25, -0.2) is 0 Å². The maximum atomic E-state index is 12.7. The first-order chi connectivity index (χ1) is 10.1. The fourth-order valence-electron chi connectivity index (χ4n) is 2.86. The summed E-state index contributed by atoms with van der Waals surface area (Å²) in [6.07, 6.45) is 0.928. The number of methoxy groups -OCH3 is 1. The average Bonchev–Trinajstić information content (AvgIpc) is 2.99. The van der Waals surface area contributed by atoms with E-state index in [1.807, 2.05) is 24.3 Å². The molecule has 1 aliphatic heterocycles. The van der Waals surface area contributed by atoms with Crippen LogP contribution in [0.15, 0.2) is 35.1 Å². The number of para-hydroxylation sites is 1. The number of pyridine rings is 1. The summed E-state index contributed by atoms with van der Waals surface area (Å²) < 4.78 is 6.86. The molecule has 5 heteroatoms. The first-order valence-electron chi connectivity index (χ1n) is 7.02. The molecule has 1 saturated heterocycles. The monoisotopic (exact) mass is 286 g/mol. The number of fused-ring (bicyclic) bond motifs is 1. The molecule has 2 heterocycles. The zero-order chi connectivity index (χ0) is 15.0. The Kier molecular flexibility index (Phi) is 3.51. The highest BCUT2D eigenvalue weighted by Gasteiger charge is 2.28. The molecule has 1 aromatic heterocycles. The molecule has 21 heavy (non-hydrogen) atoms. The topological polar surface area (TPSA) is 51.5 Å². The molecule has 1 unspecified atom stereocenters. The second-order valence-corrected chi connectivity index (χ2v) is 5.37. The lowest BCUT2D eigenvalue weighted by atomic mass is 10.1. The Morgan fingerprint density at radius 3 is 2.81 bits per heavy atom. The number of carbonyl (C=O) groups is 1. The van der Waals surface area contributed by atoms with Gasteiger partial charge in [0.1, 0.15) is 0 Å². The van der Waals surface area contributed by atoms with Crippen LogP contribution in [0.25, 0.3) is 10.9 Å². The summed E-state index contributed by atoms with van der Waals surface area (Å²) in [7, 11) is 3.38. The minimum atomic E-state index is -0.167. The lowest BCUT2D eigenvalue weighted by molar-refractivity contribution is 0.0725. The smallest absolute Gasteiger partial charge is 0.254 e. The van der Waals surface area contributed by atoms with E-state index in [0.717, 1.165) is 17.3 Å². The molecule has 0 spiro atoms. The van der Waals surface area contributed by atoms with Crippen LogP contribution in [-0.4, -0.2) is 41.7 Å². The Hall–Kier alpha value is -2.14. The minimum Gasteiger partial charge on any atom is -0.380 e. The molecule has 1 amide bonds. The predicted octanol–water partition coefficient (Wildman–Crippen LogP) is 1.40. The number of nitrogens with zero attached hydrogens (tertiary/aromatic N) is 2. The van der Waals surface area contributed by atoms with Gasteiger partial charge in [0.05, 0.1) is 17.2 Å². The molecule has 0 aliphatic carbocycles. The number of aromatic nitrogens is 1. The minimum absolute atomic E-state index is 0.0896. The van der Waals surface area contributed by atoms with Crippen molar-refractivity contribution in [1.29, 1.82) is 0 Å². The SMILES string of the molecule is COC1CCN(C(=O)c2cc(=O)n(C)c3ccccc23)C1. The van der Waals surface area contributed by atoms with Gasteiger partial charge in [-0.1, -0.05) is 18.2 Å². The van der Waals surface area contributed by atoms with E-state index in [9.17, 15) is 9.59 Å². The molecule has 1 fully saturated rings. The van der Waals surface area contributed by atoms with Crippen LogP contribution in [0.4, 0.5) is 0 Å². The number of aryl methyl sites for hydroxylation is 1. The third-order valence-corrected chi connectivity index (χ3v) is 4.15. The molecule has 110 valence electrons. The van der Waals surface area contributed by atoms with Crippen LogP contribution < -0.4 is 5.56 Å². The molecule has 1 atom stereocenters. The number of amides is 1. The zero-order valence-electron chi connectivity index (χ0n) is 12.2. The molecular weight excluding hydrogens is 268 g/mol. The lowest BCUT2D eigenvalue weighted by Gasteiger charge is -2.18. The Morgan fingerprint density at radius 2 is 2.10 bits per heavy atom. The van der Waals surface area contributed by atoms with Crippen molar-refractivity contribution in [2.75, 3.05) is 20.2 Å². The molecule has 5 nitrogen and oxygen atoms in total. The summed E-state index contributed by atoms with van der Waals surface area (Å²) in [5.74, 6) is -0.0940. The normalized spacial score (nSPS) is 18.4. The molecule has 3 rings (SSSR count). The van der Waals surface area contributed by atoms with Crippen LogP contribution in [-0.2, 0) is 11.8 Å². The van der Waals surface area contributed by atoms with Gasteiger partial charge in [-0.2, -0.15) is 0 Å². The molecule has 1 aliphatic rings. The second-order valence-electron chi connectivity index (χ2n) is 5.37. The molecule has 2 aromatic rings. The van der Waals surface area contributed by atoms with Crippen LogP contribution in [0, 0.1) is 0 Å². The van der Waals surface area contributed by atoms with Gasteiger partial charge in [0.2, 0.25) is 0 Å². The highest BCUT2D eigenvalue weighted by molar-refractivity contribution is 6.06. The fraction of sp³-hybridized carbons (Fsp3) is 0.375. The molecular formula is C16H18N2O3. The van der Waals surface area contributed by atoms with Gasteiger partial charge in [-0.15, -0.1) is 0 Å². The van der Waals surface area contributed by atoms with Crippen molar-refractivity contribution in [3.05, 3.63) is 46.2 Å². The molecule has 0 radical (unpaired) electrons. The Labute approximate surface area is 122 Å². The van der Waals surface area contributed by atoms with Crippen molar-refractivity contribution in [1.82, 2.24) is 9.47 Å². The molecule has 1 aromatic carbocycles. The molecule has 0 bridgehead atoms. The Bertz CT molecular complexity index is 751. The fourth-order valence-corrected chi connectivity index (χ4v) is 2.86. The van der Waals surface area contributed by atoms with Crippen molar-refractivity contribution in [2.45, 2.75) is 12.5 Å². The molecule has 0 saturated carbocycles. The van der Waals surface area contributed by atoms with E-state index < -0.39 is 0 Å². The summed E-state index contributed by atoms with van der Waals surface area (Å²) in [5, 5.41) is 0.811. The van der Waals surface area contributed by atoms with Crippen molar-refractivity contribution < 1.29 is 9.53 Å². The quantitative estimate of drug-likeness (QED) is 0.838. The highest BCUT2D eigenvalue weighted by atomic mass is 16.5. The number of benzene rings is 1. The number of rotatable bonds is 2. The lowest BCUT2D eigenvalue weighted by Crippen LogP contribution is -2.31. The van der Waals surface area contributed by atoms with Crippen molar-refractivity contribution >= 4 is 16.8 Å². The maximum Gasteiger partial charge on any atom is 0.254 e. The second kappa shape index (κ2) is 5.33. The van der Waals surface area contributed by atoms with Crippen LogP contribution >= 0.6 is 0 Å². The van der Waals surface area contributed by atoms with Gasteiger partial charge in [0, 0.05) is 38.7 Å². The Balaban J connectivity index is 2.07. The standard InChI is InChI=1S/C16H18N2O3/c1-17-14-6-4-3-5-12(14)13(9-15(17)19)16(20)18-8-7-11(10-18)21-2/h3-6,9,11H,7-8,10H2,1-2H3. The van der Waals surface area contributed by atoms with E-state index in [1.54, 1.807) is 23.6 Å². The van der Waals surface area contributed by atoms with E-state index in [-0.39, 0.29) is 17.6 Å². The number of hydrogen-bond donors (Lipinski definition) is 0. The van der Waals surface area contributed by atoms with Crippen LogP contribution in [0.3, 0.4) is 0 Å². The van der Waals surface area contributed by atoms with E-state index >= 15 is 0 Å². The van der Waals surface area contributed by atoms with E-state index in [2.05, 4.69) is 0 Å². The largest absolute Gasteiger partial charge is 0.380 e. The summed E-state index contributed by atoms with van der Waals surface area (Å²) in [5.41, 5.74) is 1.08. The summed E-state index contributed by atoms with van der Waals surface area (Å²) in [6, 6.07) is 8.92. The van der Waals surface area contributed by atoms with Gasteiger partial charge < -0.3 is 14.2 Å². The van der Waals surface area contributed by atoms with Crippen molar-refractivity contribution in [3.8, 4) is 0 Å². The van der Waals surface area contributed by atoms with E-state index in [4.69, 9.17) is 4.74 Å². The van der Waals surface area contributed by atoms with Crippen LogP contribution in [0.5, 0.6) is 0 Å². The third-order valence-electron chi connectivity index (χ3n) is 4.15. The van der Waals surface area contributed by atoms with Gasteiger partial charge >= 0.3 is 0 Å². The van der Waals surface area contributed by atoms with Gasteiger partial charge in [0.15, 0.2) is 0 Å². The third kappa shape index (κ3) is 2.34. The predicted molar refractivity (Wildman–Crippen MR) is 80.5 cm³/mol. The first-order valence-corrected chi connectivity index (χ1v) is 7.02. The van der Waals surface area contributed by atoms with E-state index in [0.29, 0.717) is 18.7 Å². The highest BCUT2D eigenvalue weighted by Crippen LogP contribution is 2.21. The number of ether oxygens (including phenoxy) is 1. The number of carbonyl (C=O) groups excluding carboxylic acids is 1. The zero-order valence-corrected chi connectivity index (χ0v) is 12.2. The van der Waals surface area contributed by atoms with Gasteiger partial charge in [-0.3, -0.25) is 9.59 Å². The van der Waals surface area contributed by atoms with Gasteiger partial charge in [-0.05, 0) is 12.5 Å². The van der Waals surface area contributed by atoms with Gasteiger partial charge in [0.25, 0.3) is 11.5 Å². The summed E-state index contributed by atoms with van der Waals surface area (Å²) in [4.78, 5) is 26.5. The number of hydrogen-bond acceptors (Lipinski definition) is 3. The Morgan fingerprint density at radius 1 is 1.33 bits per heavy atom. The first kappa shape index (κ1) is 13.8. The van der Waals surface area contributed by atoms with Crippen LogP contribution in [0.2, 0.25) is 0 Å². The number of likely N-dealkylation sites (tertiary alicyclic amines) is 1. The summed E-state index contributed by atoms with van der Waals surface area (Å²) >= 11 is 0. The average molecular weight is 286 g/mol. The van der Waals surface area contributed by atoms with Crippen LogP contribution in [0.1, 0.15) is 16.8 Å². The van der Waals surface area contributed by atoms with E-state index in [1.165, 1.54) is 6.07 Å². The maximum absolute atomic E-state index is 12.7. The van der Waals surface area contributed by atoms with Crippen molar-refractivity contribution in [2.24, 2.45) is 7.05 Å². The summed E-state index contributed by atoms with van der Waals surface area (Å²) in [6.45, 7) is 1.25.